The van der Waals surface area contributed by atoms with Crippen molar-refractivity contribution in [1.82, 2.24) is 5.32 Å². The van der Waals surface area contributed by atoms with Crippen molar-refractivity contribution >= 4 is 5.91 Å². The van der Waals surface area contributed by atoms with Gasteiger partial charge in [0.25, 0.3) is 0 Å². The van der Waals surface area contributed by atoms with Gasteiger partial charge >= 0.3 is 0 Å². The Labute approximate surface area is 85.9 Å². The summed E-state index contributed by atoms with van der Waals surface area (Å²) in [5.74, 6) is -0.0829. The second kappa shape index (κ2) is 6.79. The fourth-order valence-corrected chi connectivity index (χ4v) is 1.19. The summed E-state index contributed by atoms with van der Waals surface area (Å²) in [5.41, 5.74) is 5.17. The first-order valence-electron chi connectivity index (χ1n) is 5.28. The number of amides is 1. The molecule has 0 fully saturated rings. The van der Waals surface area contributed by atoms with Crippen LogP contribution >= 0.6 is 0 Å². The summed E-state index contributed by atoms with van der Waals surface area (Å²) in [6.45, 7) is 4.59. The first kappa shape index (κ1) is 13.4. The summed E-state index contributed by atoms with van der Waals surface area (Å²) >= 11 is 0. The maximum Gasteiger partial charge on any atom is 0.240 e. The highest BCUT2D eigenvalue weighted by Crippen LogP contribution is 2.10. The third-order valence-corrected chi connectivity index (χ3v) is 2.58. The lowest BCUT2D eigenvalue weighted by molar-refractivity contribution is -0.126. The Balaban J connectivity index is 3.82. The van der Waals surface area contributed by atoms with E-state index in [4.69, 9.17) is 10.8 Å². The fourth-order valence-electron chi connectivity index (χ4n) is 1.19. The van der Waals surface area contributed by atoms with Crippen molar-refractivity contribution < 1.29 is 9.90 Å². The summed E-state index contributed by atoms with van der Waals surface area (Å²) in [4.78, 5) is 11.6. The molecule has 1 amide bonds. The molecule has 0 aliphatic rings. The van der Waals surface area contributed by atoms with Crippen molar-refractivity contribution in [3.8, 4) is 0 Å². The Morgan fingerprint density at radius 1 is 1.36 bits per heavy atom. The molecule has 0 saturated heterocycles. The average Bonchev–Trinajstić information content (AvgIpc) is 2.22. The van der Waals surface area contributed by atoms with Gasteiger partial charge in [0.15, 0.2) is 0 Å². The third kappa shape index (κ3) is 4.07. The molecule has 0 saturated carbocycles. The van der Waals surface area contributed by atoms with Crippen molar-refractivity contribution in [1.29, 1.82) is 0 Å². The minimum atomic E-state index is -0.723. The van der Waals surface area contributed by atoms with Gasteiger partial charge < -0.3 is 16.2 Å². The lowest BCUT2D eigenvalue weighted by Crippen LogP contribution is -2.53. The van der Waals surface area contributed by atoms with E-state index in [9.17, 15) is 4.79 Å². The van der Waals surface area contributed by atoms with Crippen LogP contribution in [0, 0.1) is 0 Å². The fraction of sp³-hybridized carbons (Fsp3) is 0.900. The van der Waals surface area contributed by atoms with Crippen molar-refractivity contribution in [2.24, 2.45) is 5.73 Å². The van der Waals surface area contributed by atoms with Gasteiger partial charge in [-0.25, -0.2) is 0 Å². The molecule has 0 rings (SSSR count). The lowest BCUT2D eigenvalue weighted by atomic mass is 9.93. The van der Waals surface area contributed by atoms with Gasteiger partial charge in [-0.15, -0.1) is 0 Å². The Morgan fingerprint density at radius 2 is 1.93 bits per heavy atom. The largest absolute Gasteiger partial charge is 0.396 e. The molecule has 4 heteroatoms. The Kier molecular flexibility index (Phi) is 6.49. The quantitative estimate of drug-likeness (QED) is 0.523. The van der Waals surface area contributed by atoms with Gasteiger partial charge in [-0.3, -0.25) is 4.79 Å². The van der Waals surface area contributed by atoms with E-state index in [1.54, 1.807) is 0 Å². The van der Waals surface area contributed by atoms with E-state index in [1.165, 1.54) is 0 Å². The van der Waals surface area contributed by atoms with Crippen LogP contribution in [0.2, 0.25) is 0 Å². The molecular weight excluding hydrogens is 180 g/mol. The maximum absolute atomic E-state index is 11.6. The molecule has 0 aliphatic heterocycles. The molecular formula is C10H22N2O2. The maximum atomic E-state index is 11.6. The molecule has 4 N–H and O–H groups in total. The molecule has 0 unspecified atom stereocenters. The second-order valence-corrected chi connectivity index (χ2v) is 3.55. The van der Waals surface area contributed by atoms with Crippen molar-refractivity contribution in [3.63, 3.8) is 0 Å². The Hall–Kier alpha value is -0.610. The van der Waals surface area contributed by atoms with E-state index in [2.05, 4.69) is 5.32 Å². The summed E-state index contributed by atoms with van der Waals surface area (Å²) in [6, 6.07) is 0. The minimum Gasteiger partial charge on any atom is -0.396 e. The van der Waals surface area contributed by atoms with Crippen molar-refractivity contribution in [2.75, 3.05) is 13.2 Å². The number of carbonyl (C=O) groups is 1. The molecule has 0 atom stereocenters. The van der Waals surface area contributed by atoms with Gasteiger partial charge in [0.2, 0.25) is 5.91 Å². The molecule has 0 spiro atoms. The zero-order valence-electron chi connectivity index (χ0n) is 9.18. The molecule has 0 heterocycles. The summed E-state index contributed by atoms with van der Waals surface area (Å²) in [7, 11) is 0. The highest BCUT2D eigenvalue weighted by molar-refractivity contribution is 5.85. The van der Waals surface area contributed by atoms with E-state index in [-0.39, 0.29) is 12.5 Å². The van der Waals surface area contributed by atoms with Crippen LogP contribution in [-0.2, 0) is 4.79 Å². The predicted octanol–water partition coefficient (Wildman–Crippen LogP) is 0.393. The molecule has 84 valence electrons. The van der Waals surface area contributed by atoms with Crippen LogP contribution in [0.15, 0.2) is 0 Å². The van der Waals surface area contributed by atoms with E-state index in [0.717, 1.165) is 12.8 Å². The zero-order valence-corrected chi connectivity index (χ0v) is 9.18. The number of aliphatic hydroxyl groups is 1. The normalized spacial score (nSPS) is 11.4. The lowest BCUT2D eigenvalue weighted by Gasteiger charge is -2.25. The van der Waals surface area contributed by atoms with Crippen LogP contribution in [0.1, 0.15) is 39.5 Å². The highest BCUT2D eigenvalue weighted by atomic mass is 16.2. The van der Waals surface area contributed by atoms with E-state index >= 15 is 0 Å². The summed E-state index contributed by atoms with van der Waals surface area (Å²) in [6.07, 6.45) is 2.81. The standard InChI is InChI=1S/C10H22N2O2/c1-3-10(11,4-2)9(14)12-7-5-6-8-13/h13H,3-8,11H2,1-2H3,(H,12,14). The molecule has 0 radical (unpaired) electrons. The van der Waals surface area contributed by atoms with Crippen molar-refractivity contribution in [3.05, 3.63) is 0 Å². The molecule has 0 aromatic carbocycles. The van der Waals surface area contributed by atoms with Gasteiger partial charge in [-0.2, -0.15) is 0 Å². The van der Waals surface area contributed by atoms with E-state index < -0.39 is 5.54 Å². The number of hydrogen-bond donors (Lipinski definition) is 3. The number of rotatable bonds is 7. The summed E-state index contributed by atoms with van der Waals surface area (Å²) < 4.78 is 0. The molecule has 0 aromatic rings. The average molecular weight is 202 g/mol. The first-order chi connectivity index (χ1) is 6.60. The van der Waals surface area contributed by atoms with Crippen LogP contribution in [0.4, 0.5) is 0 Å². The van der Waals surface area contributed by atoms with Crippen molar-refractivity contribution in [2.45, 2.75) is 45.1 Å². The first-order valence-corrected chi connectivity index (χ1v) is 5.28. The smallest absolute Gasteiger partial charge is 0.240 e. The highest BCUT2D eigenvalue weighted by Gasteiger charge is 2.29. The summed E-state index contributed by atoms with van der Waals surface area (Å²) in [5, 5.41) is 11.3. The van der Waals surface area contributed by atoms with Gasteiger partial charge in [0.05, 0.1) is 5.54 Å². The number of nitrogens with one attached hydrogen (secondary N) is 1. The topological polar surface area (TPSA) is 75.4 Å². The van der Waals surface area contributed by atoms with Crippen LogP contribution in [0.5, 0.6) is 0 Å². The SMILES string of the molecule is CCC(N)(CC)C(=O)NCCCCO. The minimum absolute atomic E-state index is 0.0829. The number of hydrogen-bond acceptors (Lipinski definition) is 3. The molecule has 0 aliphatic carbocycles. The van der Waals surface area contributed by atoms with Gasteiger partial charge in [-0.05, 0) is 25.7 Å². The number of aliphatic hydroxyl groups excluding tert-OH is 1. The molecule has 0 bridgehead atoms. The van der Waals surface area contributed by atoms with E-state index in [0.29, 0.717) is 19.4 Å². The number of unbranched alkanes of at least 4 members (excludes halogenated alkanes) is 1. The predicted molar refractivity (Wildman–Crippen MR) is 56.8 cm³/mol. The molecule has 14 heavy (non-hydrogen) atoms. The van der Waals surface area contributed by atoms with Crippen LogP contribution < -0.4 is 11.1 Å². The zero-order chi connectivity index (χ0) is 11.0. The van der Waals surface area contributed by atoms with Crippen LogP contribution in [0.3, 0.4) is 0 Å². The second-order valence-electron chi connectivity index (χ2n) is 3.55. The Morgan fingerprint density at radius 3 is 2.36 bits per heavy atom. The van der Waals surface area contributed by atoms with Gasteiger partial charge in [0.1, 0.15) is 0 Å². The number of nitrogens with two attached hydrogens (primary N) is 1. The monoisotopic (exact) mass is 202 g/mol. The van der Waals surface area contributed by atoms with Gasteiger partial charge in [-0.1, -0.05) is 13.8 Å². The van der Waals surface area contributed by atoms with Crippen LogP contribution in [-0.4, -0.2) is 29.7 Å². The molecule has 4 nitrogen and oxygen atoms in total. The van der Waals surface area contributed by atoms with Crippen LogP contribution in [0.25, 0.3) is 0 Å². The third-order valence-electron chi connectivity index (χ3n) is 2.58. The Bertz CT molecular complexity index is 168. The van der Waals surface area contributed by atoms with E-state index in [1.807, 2.05) is 13.8 Å². The number of carbonyl (C=O) groups excluding carboxylic acids is 1. The molecule has 0 aromatic heterocycles. The van der Waals surface area contributed by atoms with Gasteiger partial charge in [0, 0.05) is 13.2 Å².